The smallest absolute Gasteiger partial charge is 0.253 e. The number of nitrogens with two attached hydrogens (primary N) is 1. The van der Waals surface area contributed by atoms with E-state index in [1.54, 1.807) is 25.1 Å². The minimum atomic E-state index is -0.0198. The molecular weight excluding hydrogens is 262 g/mol. The summed E-state index contributed by atoms with van der Waals surface area (Å²) in [5.74, 6) is 0.704. The molecule has 1 aromatic rings. The van der Waals surface area contributed by atoms with E-state index in [1.165, 1.54) is 32.1 Å². The molecule has 1 unspecified atom stereocenters. The molecule has 4 heteroatoms. The Balaban J connectivity index is 2.05. The van der Waals surface area contributed by atoms with Crippen LogP contribution in [0.3, 0.4) is 0 Å². The first-order chi connectivity index (χ1) is 9.99. The third kappa shape index (κ3) is 3.90. The number of amides is 1. The van der Waals surface area contributed by atoms with Crippen molar-refractivity contribution in [3.63, 3.8) is 0 Å². The lowest BCUT2D eigenvalue weighted by molar-refractivity contribution is 0.0827. The molecule has 3 N–H and O–H groups in total. The SMILES string of the molecule is CC(Nc1ccc(C(=O)N(C)C)cc1N)C1CCCCC1. The Bertz CT molecular complexity index is 493. The second kappa shape index (κ2) is 6.83. The topological polar surface area (TPSA) is 58.4 Å². The molecule has 0 bridgehead atoms. The molecular formula is C17H27N3O. The van der Waals surface area contributed by atoms with E-state index in [4.69, 9.17) is 5.73 Å². The average Bonchev–Trinajstić information content (AvgIpc) is 2.49. The van der Waals surface area contributed by atoms with Gasteiger partial charge in [0.05, 0.1) is 11.4 Å². The number of benzene rings is 1. The van der Waals surface area contributed by atoms with Gasteiger partial charge in [-0.15, -0.1) is 0 Å². The lowest BCUT2D eigenvalue weighted by Gasteiger charge is -2.29. The Morgan fingerprint density at radius 1 is 1.29 bits per heavy atom. The van der Waals surface area contributed by atoms with E-state index in [0.29, 0.717) is 17.3 Å². The highest BCUT2D eigenvalue weighted by Gasteiger charge is 2.20. The predicted octanol–water partition coefficient (Wildman–Crippen LogP) is 3.35. The summed E-state index contributed by atoms with van der Waals surface area (Å²) in [5.41, 5.74) is 8.31. The number of hydrogen-bond donors (Lipinski definition) is 2. The third-order valence-electron chi connectivity index (χ3n) is 4.44. The van der Waals surface area contributed by atoms with Crippen molar-refractivity contribution in [1.82, 2.24) is 4.90 Å². The molecule has 1 amide bonds. The molecule has 1 aromatic carbocycles. The van der Waals surface area contributed by atoms with Crippen molar-refractivity contribution in [3.8, 4) is 0 Å². The third-order valence-corrected chi connectivity index (χ3v) is 4.44. The van der Waals surface area contributed by atoms with Crippen LogP contribution in [-0.2, 0) is 0 Å². The van der Waals surface area contributed by atoms with E-state index in [-0.39, 0.29) is 5.91 Å². The lowest BCUT2D eigenvalue weighted by Crippen LogP contribution is -2.28. The lowest BCUT2D eigenvalue weighted by atomic mass is 9.84. The van der Waals surface area contributed by atoms with E-state index in [0.717, 1.165) is 11.6 Å². The van der Waals surface area contributed by atoms with Crippen molar-refractivity contribution in [2.75, 3.05) is 25.1 Å². The summed E-state index contributed by atoms with van der Waals surface area (Å²) in [7, 11) is 3.49. The van der Waals surface area contributed by atoms with Crippen LogP contribution in [0.4, 0.5) is 11.4 Å². The fourth-order valence-electron chi connectivity index (χ4n) is 3.08. The molecule has 0 spiro atoms. The van der Waals surface area contributed by atoms with Crippen molar-refractivity contribution in [3.05, 3.63) is 23.8 Å². The second-order valence-corrected chi connectivity index (χ2v) is 6.33. The molecule has 0 aliphatic heterocycles. The van der Waals surface area contributed by atoms with Gasteiger partial charge in [-0.05, 0) is 43.9 Å². The second-order valence-electron chi connectivity index (χ2n) is 6.33. The van der Waals surface area contributed by atoms with Gasteiger partial charge in [-0.25, -0.2) is 0 Å². The number of nitrogen functional groups attached to an aromatic ring is 1. The van der Waals surface area contributed by atoms with Crippen molar-refractivity contribution in [2.24, 2.45) is 5.92 Å². The summed E-state index contributed by atoms with van der Waals surface area (Å²) < 4.78 is 0. The largest absolute Gasteiger partial charge is 0.397 e. The van der Waals surface area contributed by atoms with Gasteiger partial charge in [0.2, 0.25) is 0 Å². The van der Waals surface area contributed by atoms with E-state index in [2.05, 4.69) is 12.2 Å². The zero-order valence-corrected chi connectivity index (χ0v) is 13.4. The molecule has 21 heavy (non-hydrogen) atoms. The molecule has 0 aromatic heterocycles. The van der Waals surface area contributed by atoms with Gasteiger partial charge in [-0.1, -0.05) is 19.3 Å². The number of rotatable bonds is 4. The maximum Gasteiger partial charge on any atom is 0.253 e. The van der Waals surface area contributed by atoms with Gasteiger partial charge in [-0.3, -0.25) is 4.79 Å². The number of nitrogens with one attached hydrogen (secondary N) is 1. The van der Waals surface area contributed by atoms with Gasteiger partial charge < -0.3 is 16.0 Å². The van der Waals surface area contributed by atoms with E-state index in [9.17, 15) is 4.79 Å². The zero-order valence-electron chi connectivity index (χ0n) is 13.4. The average molecular weight is 289 g/mol. The standard InChI is InChI=1S/C17H27N3O/c1-12(13-7-5-4-6-8-13)19-16-10-9-14(11-15(16)18)17(21)20(2)3/h9-13,19H,4-8,18H2,1-3H3. The fraction of sp³-hybridized carbons (Fsp3) is 0.588. The summed E-state index contributed by atoms with van der Waals surface area (Å²) in [6.07, 6.45) is 6.63. The van der Waals surface area contributed by atoms with E-state index >= 15 is 0 Å². The molecule has 4 nitrogen and oxygen atoms in total. The van der Waals surface area contributed by atoms with Crippen molar-refractivity contribution >= 4 is 17.3 Å². The van der Waals surface area contributed by atoms with Crippen LogP contribution in [0.25, 0.3) is 0 Å². The van der Waals surface area contributed by atoms with Gasteiger partial charge >= 0.3 is 0 Å². The highest BCUT2D eigenvalue weighted by Crippen LogP contribution is 2.29. The number of anilines is 2. The Kier molecular flexibility index (Phi) is 5.10. The minimum absolute atomic E-state index is 0.0198. The Morgan fingerprint density at radius 2 is 1.95 bits per heavy atom. The Hall–Kier alpha value is -1.71. The Labute approximate surface area is 127 Å². The van der Waals surface area contributed by atoms with E-state index < -0.39 is 0 Å². The summed E-state index contributed by atoms with van der Waals surface area (Å²) in [6, 6.07) is 5.95. The summed E-state index contributed by atoms with van der Waals surface area (Å²) >= 11 is 0. The molecule has 116 valence electrons. The number of carbonyl (C=O) groups is 1. The fourth-order valence-corrected chi connectivity index (χ4v) is 3.08. The number of nitrogens with zero attached hydrogens (tertiary/aromatic N) is 1. The normalized spacial score (nSPS) is 17.3. The minimum Gasteiger partial charge on any atom is -0.397 e. The van der Waals surface area contributed by atoms with Crippen LogP contribution in [0.1, 0.15) is 49.4 Å². The van der Waals surface area contributed by atoms with Crippen LogP contribution in [-0.4, -0.2) is 30.9 Å². The summed E-state index contributed by atoms with van der Waals surface area (Å²) in [4.78, 5) is 13.5. The van der Waals surface area contributed by atoms with Crippen molar-refractivity contribution in [1.29, 1.82) is 0 Å². The highest BCUT2D eigenvalue weighted by atomic mass is 16.2. The number of carbonyl (C=O) groups excluding carboxylic acids is 1. The molecule has 0 radical (unpaired) electrons. The summed E-state index contributed by atoms with van der Waals surface area (Å²) in [6.45, 7) is 2.23. The van der Waals surface area contributed by atoms with Crippen LogP contribution in [0.5, 0.6) is 0 Å². The monoisotopic (exact) mass is 289 g/mol. The van der Waals surface area contributed by atoms with Crippen LogP contribution in [0.2, 0.25) is 0 Å². The van der Waals surface area contributed by atoms with Crippen molar-refractivity contribution < 1.29 is 4.79 Å². The highest BCUT2D eigenvalue weighted by molar-refractivity contribution is 5.95. The van der Waals surface area contributed by atoms with Crippen LogP contribution >= 0.6 is 0 Å². The predicted molar refractivity (Wildman–Crippen MR) is 88.5 cm³/mol. The zero-order chi connectivity index (χ0) is 15.4. The molecule has 0 saturated heterocycles. The van der Waals surface area contributed by atoms with E-state index in [1.807, 2.05) is 12.1 Å². The molecule has 2 rings (SSSR count). The molecule has 0 heterocycles. The molecule has 1 fully saturated rings. The van der Waals surface area contributed by atoms with Gasteiger partial charge in [0.15, 0.2) is 0 Å². The Morgan fingerprint density at radius 3 is 2.52 bits per heavy atom. The summed E-state index contributed by atoms with van der Waals surface area (Å²) in [5, 5.41) is 3.53. The molecule has 1 aliphatic carbocycles. The van der Waals surface area contributed by atoms with Gasteiger partial charge in [0.25, 0.3) is 5.91 Å². The van der Waals surface area contributed by atoms with Crippen molar-refractivity contribution in [2.45, 2.75) is 45.1 Å². The molecule has 1 saturated carbocycles. The maximum atomic E-state index is 11.9. The van der Waals surface area contributed by atoms with Crippen LogP contribution in [0.15, 0.2) is 18.2 Å². The van der Waals surface area contributed by atoms with Gasteiger partial charge in [-0.2, -0.15) is 0 Å². The quantitative estimate of drug-likeness (QED) is 0.836. The van der Waals surface area contributed by atoms with Crippen LogP contribution in [0, 0.1) is 5.92 Å². The van der Waals surface area contributed by atoms with Crippen LogP contribution < -0.4 is 11.1 Å². The molecule has 1 atom stereocenters. The van der Waals surface area contributed by atoms with Gasteiger partial charge in [0, 0.05) is 25.7 Å². The first kappa shape index (κ1) is 15.7. The number of hydrogen-bond acceptors (Lipinski definition) is 3. The first-order valence-corrected chi connectivity index (χ1v) is 7.86. The molecule has 1 aliphatic rings. The first-order valence-electron chi connectivity index (χ1n) is 7.86. The maximum absolute atomic E-state index is 11.9. The van der Waals surface area contributed by atoms with Gasteiger partial charge in [0.1, 0.15) is 0 Å².